The molecule has 6 nitrogen and oxygen atoms in total. The second-order valence-corrected chi connectivity index (χ2v) is 9.34. The molecule has 32 heavy (non-hydrogen) atoms. The summed E-state index contributed by atoms with van der Waals surface area (Å²) in [6, 6.07) is 16.9. The zero-order valence-electron chi connectivity index (χ0n) is 19.0. The summed E-state index contributed by atoms with van der Waals surface area (Å²) >= 11 is 0. The Morgan fingerprint density at radius 1 is 1.16 bits per heavy atom. The molecule has 2 fully saturated rings. The van der Waals surface area contributed by atoms with Crippen molar-refractivity contribution in [2.24, 2.45) is 5.92 Å². The fourth-order valence-corrected chi connectivity index (χ4v) is 5.62. The highest BCUT2D eigenvalue weighted by Gasteiger charge is 2.52. The fraction of sp³-hybridized carbons (Fsp3) is 0.462. The smallest absolute Gasteiger partial charge is 0.308 e. The van der Waals surface area contributed by atoms with Crippen molar-refractivity contribution in [3.63, 3.8) is 0 Å². The van der Waals surface area contributed by atoms with Gasteiger partial charge in [-0.3, -0.25) is 9.59 Å². The molecular weight excluding hydrogens is 404 g/mol. The maximum absolute atomic E-state index is 13.2. The van der Waals surface area contributed by atoms with Gasteiger partial charge in [-0.2, -0.15) is 0 Å². The average Bonchev–Trinajstić information content (AvgIpc) is 2.79. The van der Waals surface area contributed by atoms with Gasteiger partial charge >= 0.3 is 5.97 Å². The summed E-state index contributed by atoms with van der Waals surface area (Å²) in [5.74, 6) is 0.185. The van der Waals surface area contributed by atoms with Crippen molar-refractivity contribution in [3.8, 4) is 5.75 Å². The Morgan fingerprint density at radius 2 is 1.91 bits per heavy atom. The second-order valence-electron chi connectivity index (χ2n) is 9.34. The van der Waals surface area contributed by atoms with Gasteiger partial charge in [0, 0.05) is 43.5 Å². The Kier molecular flexibility index (Phi) is 6.35. The van der Waals surface area contributed by atoms with Crippen molar-refractivity contribution in [3.05, 3.63) is 65.7 Å². The van der Waals surface area contributed by atoms with Crippen molar-refractivity contribution in [2.45, 2.75) is 43.7 Å². The number of benzene rings is 2. The van der Waals surface area contributed by atoms with E-state index >= 15 is 0 Å². The number of likely N-dealkylation sites (tertiary alicyclic amines) is 1. The first-order chi connectivity index (χ1) is 15.3. The van der Waals surface area contributed by atoms with E-state index < -0.39 is 6.10 Å². The first kappa shape index (κ1) is 22.5. The number of fused-ring (bicyclic) bond motifs is 1. The molecule has 2 aromatic carbocycles. The molecular formula is C26H32N2O4. The van der Waals surface area contributed by atoms with Gasteiger partial charge in [-0.05, 0) is 62.7 Å². The maximum atomic E-state index is 13.2. The predicted molar refractivity (Wildman–Crippen MR) is 123 cm³/mol. The lowest BCUT2D eigenvalue weighted by molar-refractivity contribution is -0.131. The lowest BCUT2D eigenvalue weighted by Crippen LogP contribution is -2.60. The molecule has 1 N–H and O–H groups in total. The van der Waals surface area contributed by atoms with Crippen LogP contribution < -0.4 is 4.74 Å². The molecule has 0 bridgehead atoms. The van der Waals surface area contributed by atoms with Gasteiger partial charge in [-0.15, -0.1) is 0 Å². The number of rotatable bonds is 4. The highest BCUT2D eigenvalue weighted by atomic mass is 16.5. The molecule has 4 rings (SSSR count). The van der Waals surface area contributed by atoms with Gasteiger partial charge in [-0.1, -0.05) is 30.3 Å². The monoisotopic (exact) mass is 436 g/mol. The van der Waals surface area contributed by atoms with Crippen LogP contribution in [0.2, 0.25) is 0 Å². The van der Waals surface area contributed by atoms with Crippen molar-refractivity contribution in [1.29, 1.82) is 0 Å². The van der Waals surface area contributed by atoms with E-state index in [2.05, 4.69) is 18.0 Å². The number of aliphatic hydroxyl groups is 1. The van der Waals surface area contributed by atoms with Crippen LogP contribution >= 0.6 is 0 Å². The number of ether oxygens (including phenoxy) is 1. The van der Waals surface area contributed by atoms with E-state index in [0.717, 1.165) is 31.5 Å². The fourth-order valence-electron chi connectivity index (χ4n) is 5.62. The van der Waals surface area contributed by atoms with E-state index in [0.29, 0.717) is 17.7 Å². The highest BCUT2D eigenvalue weighted by Crippen LogP contribution is 2.50. The molecule has 1 aliphatic heterocycles. The van der Waals surface area contributed by atoms with E-state index in [1.807, 2.05) is 49.5 Å². The van der Waals surface area contributed by atoms with Gasteiger partial charge in [0.1, 0.15) is 5.75 Å². The third kappa shape index (κ3) is 4.30. The molecule has 0 spiro atoms. The van der Waals surface area contributed by atoms with Crippen LogP contribution in [0.3, 0.4) is 0 Å². The Labute approximate surface area is 189 Å². The van der Waals surface area contributed by atoms with Crippen LogP contribution in [0.4, 0.5) is 0 Å². The summed E-state index contributed by atoms with van der Waals surface area (Å²) in [5, 5.41) is 11.3. The number of carbonyl (C=O) groups excluding carboxylic acids is 2. The molecule has 1 unspecified atom stereocenters. The quantitative estimate of drug-likeness (QED) is 0.589. The molecule has 2 aromatic rings. The molecule has 0 radical (unpaired) electrons. The molecule has 170 valence electrons. The average molecular weight is 437 g/mol. The number of aliphatic hydroxyl groups excluding tert-OH is 1. The summed E-state index contributed by atoms with van der Waals surface area (Å²) in [5.41, 5.74) is 1.43. The third-order valence-electron chi connectivity index (χ3n) is 7.30. The summed E-state index contributed by atoms with van der Waals surface area (Å²) in [7, 11) is 3.92. The standard InChI is InChI=1S/C26H32N2O4/c1-18(29)32-22-11-7-10-20(14-22)26-12-13-27(2)17-23(26)24(30)15-21(16-26)28(3)25(31)19-8-5-4-6-9-19/h4-11,14,21,23-24,30H,12-13,15-17H2,1-3H3/t21-,23-,24?,26-/m0/s1. The lowest BCUT2D eigenvalue weighted by atomic mass is 9.57. The Hall–Kier alpha value is -2.70. The number of hydrogen-bond acceptors (Lipinski definition) is 5. The molecule has 0 aromatic heterocycles. The highest BCUT2D eigenvalue weighted by molar-refractivity contribution is 5.94. The Bertz CT molecular complexity index is 979. The summed E-state index contributed by atoms with van der Waals surface area (Å²) in [6.07, 6.45) is 1.67. The minimum atomic E-state index is -0.528. The van der Waals surface area contributed by atoms with Crippen LogP contribution in [-0.4, -0.2) is 66.1 Å². The molecule has 1 heterocycles. The topological polar surface area (TPSA) is 70.1 Å². The van der Waals surface area contributed by atoms with Gasteiger partial charge in [-0.25, -0.2) is 0 Å². The largest absolute Gasteiger partial charge is 0.427 e. The van der Waals surface area contributed by atoms with Crippen LogP contribution in [0.5, 0.6) is 5.75 Å². The molecule has 1 aliphatic carbocycles. The maximum Gasteiger partial charge on any atom is 0.308 e. The summed E-state index contributed by atoms with van der Waals surface area (Å²) < 4.78 is 5.36. The van der Waals surface area contributed by atoms with E-state index in [4.69, 9.17) is 4.74 Å². The first-order valence-electron chi connectivity index (χ1n) is 11.3. The minimum Gasteiger partial charge on any atom is -0.427 e. The number of amides is 1. The Morgan fingerprint density at radius 3 is 2.62 bits per heavy atom. The summed E-state index contributed by atoms with van der Waals surface area (Å²) in [4.78, 5) is 28.7. The van der Waals surface area contributed by atoms with E-state index in [-0.39, 0.29) is 29.3 Å². The van der Waals surface area contributed by atoms with E-state index in [1.54, 1.807) is 11.0 Å². The van der Waals surface area contributed by atoms with Crippen molar-refractivity contribution in [2.75, 3.05) is 27.2 Å². The van der Waals surface area contributed by atoms with Gasteiger partial charge in [0.25, 0.3) is 5.91 Å². The number of hydrogen-bond donors (Lipinski definition) is 1. The van der Waals surface area contributed by atoms with Crippen LogP contribution in [0.1, 0.15) is 42.1 Å². The third-order valence-corrected chi connectivity index (χ3v) is 7.30. The van der Waals surface area contributed by atoms with E-state index in [9.17, 15) is 14.7 Å². The van der Waals surface area contributed by atoms with Crippen molar-refractivity contribution < 1.29 is 19.4 Å². The number of carbonyl (C=O) groups is 2. The van der Waals surface area contributed by atoms with Gasteiger partial charge in [0.05, 0.1) is 6.10 Å². The zero-order valence-corrected chi connectivity index (χ0v) is 19.0. The number of nitrogens with zero attached hydrogens (tertiary/aromatic N) is 2. The molecule has 1 amide bonds. The molecule has 1 saturated carbocycles. The minimum absolute atomic E-state index is 0.0296. The number of esters is 1. The second kappa shape index (κ2) is 9.04. The van der Waals surface area contributed by atoms with Crippen molar-refractivity contribution in [1.82, 2.24) is 9.80 Å². The number of piperidine rings is 1. The van der Waals surface area contributed by atoms with Crippen LogP contribution in [-0.2, 0) is 10.2 Å². The van der Waals surface area contributed by atoms with E-state index in [1.165, 1.54) is 6.92 Å². The molecule has 2 aliphatic rings. The van der Waals surface area contributed by atoms with Crippen LogP contribution in [0.25, 0.3) is 0 Å². The van der Waals surface area contributed by atoms with Gasteiger partial charge < -0.3 is 19.6 Å². The SMILES string of the molecule is CC(=O)Oc1cccc([C@@]23CCN(C)C[C@H]2C(O)C[C@H](N(C)C(=O)c2ccccc2)C3)c1. The normalized spacial score (nSPS) is 27.9. The molecule has 6 heteroatoms. The molecule has 1 saturated heterocycles. The van der Waals surface area contributed by atoms with Gasteiger partial charge in [0.2, 0.25) is 0 Å². The van der Waals surface area contributed by atoms with Gasteiger partial charge in [0.15, 0.2) is 0 Å². The van der Waals surface area contributed by atoms with Crippen LogP contribution in [0.15, 0.2) is 54.6 Å². The molecule has 4 atom stereocenters. The Balaban J connectivity index is 1.69. The predicted octanol–water partition coefficient (Wildman–Crippen LogP) is 3.10. The van der Waals surface area contributed by atoms with Crippen LogP contribution in [0, 0.1) is 5.92 Å². The summed E-state index contributed by atoms with van der Waals surface area (Å²) in [6.45, 7) is 3.10. The zero-order chi connectivity index (χ0) is 22.9. The van der Waals surface area contributed by atoms with Crippen molar-refractivity contribution >= 4 is 11.9 Å². The first-order valence-corrected chi connectivity index (χ1v) is 11.3. The lowest BCUT2D eigenvalue weighted by Gasteiger charge is -2.55.